The second-order valence-corrected chi connectivity index (χ2v) is 4.26. The van der Waals surface area contributed by atoms with E-state index in [2.05, 4.69) is 10.6 Å². The van der Waals surface area contributed by atoms with Crippen LogP contribution in [0.25, 0.3) is 0 Å². The van der Waals surface area contributed by atoms with Crippen LogP contribution < -0.4 is 16.4 Å². The molecule has 0 bridgehead atoms. The number of rotatable bonds is 6. The van der Waals surface area contributed by atoms with E-state index in [9.17, 15) is 9.59 Å². The Morgan fingerprint density at radius 3 is 2.71 bits per heavy atom. The smallest absolute Gasteiger partial charge is 0.239 e. The van der Waals surface area contributed by atoms with Gasteiger partial charge in [-0.2, -0.15) is 0 Å². The Balaban J connectivity index is 2.09. The molecule has 4 N–H and O–H groups in total. The third-order valence-electron chi connectivity index (χ3n) is 2.77. The van der Waals surface area contributed by atoms with Crippen LogP contribution in [0.1, 0.15) is 26.2 Å². The van der Waals surface area contributed by atoms with Crippen LogP contribution in [0.3, 0.4) is 0 Å². The number of hydrogen-bond acceptors (Lipinski definition) is 4. The highest BCUT2D eigenvalue weighted by Crippen LogP contribution is 2.07. The van der Waals surface area contributed by atoms with Gasteiger partial charge in [0.2, 0.25) is 11.8 Å². The molecule has 0 aliphatic carbocycles. The van der Waals surface area contributed by atoms with E-state index in [0.29, 0.717) is 6.61 Å². The van der Waals surface area contributed by atoms with E-state index in [1.165, 1.54) is 0 Å². The van der Waals surface area contributed by atoms with Gasteiger partial charge < -0.3 is 21.1 Å². The molecule has 6 heteroatoms. The zero-order chi connectivity index (χ0) is 12.7. The molecule has 0 aromatic carbocycles. The van der Waals surface area contributed by atoms with Gasteiger partial charge in [0.15, 0.2) is 0 Å². The van der Waals surface area contributed by atoms with Gasteiger partial charge in [0.25, 0.3) is 0 Å². The first-order chi connectivity index (χ1) is 8.09. The van der Waals surface area contributed by atoms with Gasteiger partial charge in [-0.05, 0) is 32.9 Å². The number of carbonyl (C=O) groups is 2. The molecule has 1 atom stereocenters. The molecule has 1 fully saturated rings. The van der Waals surface area contributed by atoms with Crippen molar-refractivity contribution in [1.29, 1.82) is 0 Å². The zero-order valence-electron chi connectivity index (χ0n) is 10.2. The number of carbonyl (C=O) groups excluding carboxylic acids is 2. The lowest BCUT2D eigenvalue weighted by Crippen LogP contribution is -2.42. The molecular weight excluding hydrogens is 222 g/mol. The predicted octanol–water partition coefficient (Wildman–Crippen LogP) is -0.865. The third kappa shape index (κ3) is 5.65. The van der Waals surface area contributed by atoms with Crippen LogP contribution in [0.4, 0.5) is 0 Å². The average Bonchev–Trinajstić information content (AvgIpc) is 2.30. The van der Waals surface area contributed by atoms with Crippen molar-refractivity contribution in [2.45, 2.75) is 38.3 Å². The Bertz CT molecular complexity index is 265. The van der Waals surface area contributed by atoms with Gasteiger partial charge in [-0.3, -0.25) is 9.59 Å². The molecular formula is C11H21N3O3. The molecule has 0 radical (unpaired) electrons. The molecule has 17 heavy (non-hydrogen) atoms. The van der Waals surface area contributed by atoms with Crippen molar-refractivity contribution in [2.24, 2.45) is 5.73 Å². The van der Waals surface area contributed by atoms with Crippen LogP contribution >= 0.6 is 0 Å². The first kappa shape index (κ1) is 13.9. The molecule has 2 amide bonds. The molecule has 0 aromatic rings. The van der Waals surface area contributed by atoms with Crippen LogP contribution in [0.2, 0.25) is 0 Å². The van der Waals surface area contributed by atoms with Crippen molar-refractivity contribution in [2.75, 3.05) is 19.7 Å². The fourth-order valence-corrected chi connectivity index (χ4v) is 1.67. The SMILES string of the molecule is CC(NC(=O)CCOC1CCNCC1)C(N)=O. The standard InChI is InChI=1S/C11H21N3O3/c1-8(11(12)16)14-10(15)4-7-17-9-2-5-13-6-3-9/h8-9,13H,2-7H2,1H3,(H2,12,16)(H,14,15). The van der Waals surface area contributed by atoms with Crippen LogP contribution in [0.5, 0.6) is 0 Å². The van der Waals surface area contributed by atoms with E-state index in [1.807, 2.05) is 0 Å². The Morgan fingerprint density at radius 2 is 2.12 bits per heavy atom. The summed E-state index contributed by atoms with van der Waals surface area (Å²) in [4.78, 5) is 22.1. The summed E-state index contributed by atoms with van der Waals surface area (Å²) in [5.74, 6) is -0.733. The predicted molar refractivity (Wildman–Crippen MR) is 63.3 cm³/mol. The minimum atomic E-state index is -0.624. The minimum Gasteiger partial charge on any atom is -0.378 e. The van der Waals surface area contributed by atoms with E-state index in [4.69, 9.17) is 10.5 Å². The Hall–Kier alpha value is -1.14. The monoisotopic (exact) mass is 243 g/mol. The summed E-state index contributed by atoms with van der Waals surface area (Å²) in [5.41, 5.74) is 5.04. The third-order valence-corrected chi connectivity index (χ3v) is 2.77. The lowest BCUT2D eigenvalue weighted by Gasteiger charge is -2.22. The summed E-state index contributed by atoms with van der Waals surface area (Å²) in [7, 11) is 0. The van der Waals surface area contributed by atoms with E-state index in [0.717, 1.165) is 25.9 Å². The molecule has 1 unspecified atom stereocenters. The maximum atomic E-state index is 11.4. The summed E-state index contributed by atoms with van der Waals surface area (Å²) in [5, 5.41) is 5.75. The van der Waals surface area contributed by atoms with E-state index < -0.39 is 11.9 Å². The molecule has 0 aromatic heterocycles. The average molecular weight is 243 g/mol. The number of primary amides is 1. The maximum Gasteiger partial charge on any atom is 0.239 e. The van der Waals surface area contributed by atoms with Gasteiger partial charge in [-0.1, -0.05) is 0 Å². The summed E-state index contributed by atoms with van der Waals surface area (Å²) in [6, 6.07) is -0.624. The topological polar surface area (TPSA) is 93.4 Å². The van der Waals surface area contributed by atoms with Crippen molar-refractivity contribution in [1.82, 2.24) is 10.6 Å². The Labute approximate surface area is 101 Å². The minimum absolute atomic E-state index is 0.203. The molecule has 0 spiro atoms. The number of hydrogen-bond donors (Lipinski definition) is 3. The van der Waals surface area contributed by atoms with Crippen molar-refractivity contribution < 1.29 is 14.3 Å². The summed E-state index contributed by atoms with van der Waals surface area (Å²) in [6.07, 6.45) is 2.48. The number of nitrogens with two attached hydrogens (primary N) is 1. The zero-order valence-corrected chi connectivity index (χ0v) is 10.2. The molecule has 1 heterocycles. The van der Waals surface area contributed by atoms with Crippen molar-refractivity contribution >= 4 is 11.8 Å². The second kappa shape index (κ2) is 7.24. The molecule has 1 aliphatic heterocycles. The largest absolute Gasteiger partial charge is 0.378 e. The van der Waals surface area contributed by atoms with Gasteiger partial charge in [-0.15, -0.1) is 0 Å². The van der Waals surface area contributed by atoms with Gasteiger partial charge >= 0.3 is 0 Å². The van der Waals surface area contributed by atoms with E-state index in [-0.39, 0.29) is 18.4 Å². The Morgan fingerprint density at radius 1 is 1.47 bits per heavy atom. The summed E-state index contributed by atoms with van der Waals surface area (Å²) in [6.45, 7) is 3.89. The highest BCUT2D eigenvalue weighted by atomic mass is 16.5. The van der Waals surface area contributed by atoms with Crippen molar-refractivity contribution in [3.63, 3.8) is 0 Å². The molecule has 0 saturated carbocycles. The van der Waals surface area contributed by atoms with Crippen LogP contribution in [0.15, 0.2) is 0 Å². The molecule has 1 saturated heterocycles. The number of ether oxygens (including phenoxy) is 1. The van der Waals surface area contributed by atoms with Gasteiger partial charge in [0.05, 0.1) is 12.7 Å². The van der Waals surface area contributed by atoms with E-state index in [1.54, 1.807) is 6.92 Å². The lowest BCUT2D eigenvalue weighted by molar-refractivity contribution is -0.128. The van der Waals surface area contributed by atoms with Crippen molar-refractivity contribution in [3.05, 3.63) is 0 Å². The molecule has 98 valence electrons. The molecule has 1 rings (SSSR count). The molecule has 6 nitrogen and oxygen atoms in total. The van der Waals surface area contributed by atoms with Gasteiger partial charge in [0, 0.05) is 6.42 Å². The van der Waals surface area contributed by atoms with Gasteiger partial charge in [0.1, 0.15) is 6.04 Å². The fourth-order valence-electron chi connectivity index (χ4n) is 1.67. The normalized spacial score (nSPS) is 18.6. The van der Waals surface area contributed by atoms with Crippen LogP contribution in [0, 0.1) is 0 Å². The first-order valence-corrected chi connectivity index (χ1v) is 6.00. The molecule has 1 aliphatic rings. The van der Waals surface area contributed by atoms with Crippen LogP contribution in [-0.4, -0.2) is 43.7 Å². The van der Waals surface area contributed by atoms with Gasteiger partial charge in [-0.25, -0.2) is 0 Å². The second-order valence-electron chi connectivity index (χ2n) is 4.26. The summed E-state index contributed by atoms with van der Waals surface area (Å²) >= 11 is 0. The number of nitrogens with one attached hydrogen (secondary N) is 2. The summed E-state index contributed by atoms with van der Waals surface area (Å²) < 4.78 is 5.58. The lowest BCUT2D eigenvalue weighted by atomic mass is 10.1. The highest BCUT2D eigenvalue weighted by molar-refractivity contribution is 5.86. The number of piperidine rings is 1. The van der Waals surface area contributed by atoms with Crippen molar-refractivity contribution in [3.8, 4) is 0 Å². The quantitative estimate of drug-likeness (QED) is 0.565. The van der Waals surface area contributed by atoms with E-state index >= 15 is 0 Å². The fraction of sp³-hybridized carbons (Fsp3) is 0.818. The highest BCUT2D eigenvalue weighted by Gasteiger charge is 2.15. The van der Waals surface area contributed by atoms with Crippen LogP contribution in [-0.2, 0) is 14.3 Å². The maximum absolute atomic E-state index is 11.4. The number of amides is 2. The first-order valence-electron chi connectivity index (χ1n) is 6.00. The Kier molecular flexibility index (Phi) is 5.93.